The first-order valence-electron chi connectivity index (χ1n) is 9.47. The van der Waals surface area contributed by atoms with Crippen LogP contribution in [0.2, 0.25) is 0 Å². The van der Waals surface area contributed by atoms with E-state index in [9.17, 15) is 24.3 Å². The Bertz CT molecular complexity index is 680. The molecule has 0 aromatic heterocycles. The van der Waals surface area contributed by atoms with Gasteiger partial charge in [0.1, 0.15) is 6.10 Å². The third-order valence-corrected chi connectivity index (χ3v) is 4.48. The molecular formula is C18H28F2N2O9. The number of amides is 1. The van der Waals surface area contributed by atoms with Crippen molar-refractivity contribution in [1.29, 1.82) is 0 Å². The predicted octanol–water partition coefficient (Wildman–Crippen LogP) is -1.10. The van der Waals surface area contributed by atoms with E-state index in [0.717, 1.165) is 27.9 Å². The fraction of sp³-hybridized carbons (Fsp3) is 0.778. The van der Waals surface area contributed by atoms with Crippen LogP contribution < -0.4 is 10.6 Å². The Morgan fingerprint density at radius 2 is 1.71 bits per heavy atom. The van der Waals surface area contributed by atoms with Gasteiger partial charge in [-0.2, -0.15) is 4.39 Å². The van der Waals surface area contributed by atoms with Gasteiger partial charge in [-0.3, -0.25) is 14.4 Å². The number of aliphatic hydroxyl groups excluding tert-OH is 1. The molecule has 0 aromatic rings. The average Bonchev–Trinajstić information content (AvgIpc) is 2.68. The van der Waals surface area contributed by atoms with Gasteiger partial charge < -0.3 is 34.7 Å². The fourth-order valence-electron chi connectivity index (χ4n) is 3.37. The van der Waals surface area contributed by atoms with E-state index in [4.69, 9.17) is 14.2 Å². The number of alkyl halides is 2. The molecule has 7 atom stereocenters. The molecule has 0 bridgehead atoms. The van der Waals surface area contributed by atoms with E-state index >= 15 is 8.78 Å². The van der Waals surface area contributed by atoms with Crippen LogP contribution in [-0.4, -0.2) is 91.6 Å². The standard InChI is InChI=1S/C18H28F2N2O9/c1-6-21-13-12(22-8(2)24)15(31-18(20,16(13)19)17(27)28-5)14(30-10(4)26)11(7-23)29-9(3)25/h11-16,21,23H,6-7H2,1-5H3,(H,22,24)/t11-,12-,13?,14-,15?,16+,18-/m1/s1. The molecule has 31 heavy (non-hydrogen) atoms. The van der Waals surface area contributed by atoms with E-state index in [1.54, 1.807) is 6.92 Å². The summed E-state index contributed by atoms with van der Waals surface area (Å²) in [6.45, 7) is 3.85. The molecule has 1 heterocycles. The molecule has 0 aliphatic carbocycles. The van der Waals surface area contributed by atoms with Crippen LogP contribution in [0.4, 0.5) is 8.78 Å². The van der Waals surface area contributed by atoms with E-state index in [1.165, 1.54) is 0 Å². The molecule has 11 nitrogen and oxygen atoms in total. The monoisotopic (exact) mass is 454 g/mol. The summed E-state index contributed by atoms with van der Waals surface area (Å²) >= 11 is 0. The smallest absolute Gasteiger partial charge is 0.375 e. The highest BCUT2D eigenvalue weighted by atomic mass is 19.2. The molecular weight excluding hydrogens is 426 g/mol. The fourth-order valence-corrected chi connectivity index (χ4v) is 3.37. The second-order valence-corrected chi connectivity index (χ2v) is 6.84. The molecule has 1 amide bonds. The highest BCUT2D eigenvalue weighted by molar-refractivity contribution is 5.79. The van der Waals surface area contributed by atoms with Crippen molar-refractivity contribution in [1.82, 2.24) is 10.6 Å². The van der Waals surface area contributed by atoms with Gasteiger partial charge >= 0.3 is 23.8 Å². The van der Waals surface area contributed by atoms with Crippen LogP contribution in [0.1, 0.15) is 27.7 Å². The van der Waals surface area contributed by atoms with E-state index in [-0.39, 0.29) is 6.54 Å². The maximum absolute atomic E-state index is 15.5. The SMILES string of the molecule is CCNC1[C@@H](NC(C)=O)C([C@H](OC(C)=O)[C@@H](CO)OC(C)=O)O[C@@](F)(C(=O)OC)[C@H]1F. The summed E-state index contributed by atoms with van der Waals surface area (Å²) in [6, 6.07) is -2.96. The van der Waals surface area contributed by atoms with Gasteiger partial charge in [0.2, 0.25) is 5.91 Å². The largest absolute Gasteiger partial charge is 0.465 e. The third kappa shape index (κ3) is 6.31. The van der Waals surface area contributed by atoms with Gasteiger partial charge in [0.15, 0.2) is 18.4 Å². The molecule has 1 saturated heterocycles. The number of halogens is 2. The Kier molecular flexibility index (Phi) is 9.72. The molecule has 0 saturated carbocycles. The van der Waals surface area contributed by atoms with Crippen LogP contribution in [-0.2, 0) is 38.1 Å². The lowest BCUT2D eigenvalue weighted by Crippen LogP contribution is -2.74. The number of hydrogen-bond donors (Lipinski definition) is 3. The van der Waals surface area contributed by atoms with Crippen molar-refractivity contribution in [3.63, 3.8) is 0 Å². The molecule has 0 spiro atoms. The van der Waals surface area contributed by atoms with Gasteiger partial charge in [-0.25, -0.2) is 9.18 Å². The van der Waals surface area contributed by atoms with Crippen LogP contribution in [0, 0.1) is 0 Å². The Balaban J connectivity index is 3.61. The zero-order chi connectivity index (χ0) is 23.9. The lowest BCUT2D eigenvalue weighted by Gasteiger charge is -2.48. The molecule has 13 heteroatoms. The molecule has 2 unspecified atom stereocenters. The topological polar surface area (TPSA) is 149 Å². The molecule has 1 aliphatic rings. The number of aliphatic hydroxyl groups is 1. The average molecular weight is 454 g/mol. The molecule has 1 aliphatic heterocycles. The maximum atomic E-state index is 15.5. The third-order valence-electron chi connectivity index (χ3n) is 4.48. The first-order valence-corrected chi connectivity index (χ1v) is 9.47. The van der Waals surface area contributed by atoms with Crippen molar-refractivity contribution >= 4 is 23.8 Å². The van der Waals surface area contributed by atoms with Gasteiger partial charge in [0.25, 0.3) is 0 Å². The summed E-state index contributed by atoms with van der Waals surface area (Å²) in [6.07, 6.45) is -7.73. The zero-order valence-corrected chi connectivity index (χ0v) is 17.8. The molecule has 0 radical (unpaired) electrons. The van der Waals surface area contributed by atoms with Crippen LogP contribution >= 0.6 is 0 Å². The Morgan fingerprint density at radius 1 is 1.13 bits per heavy atom. The summed E-state index contributed by atoms with van der Waals surface area (Å²) < 4.78 is 50.1. The van der Waals surface area contributed by atoms with Crippen LogP contribution in [0.3, 0.4) is 0 Å². The lowest BCUT2D eigenvalue weighted by molar-refractivity contribution is -0.282. The van der Waals surface area contributed by atoms with Gasteiger partial charge in [-0.05, 0) is 6.54 Å². The van der Waals surface area contributed by atoms with Crippen LogP contribution in [0.25, 0.3) is 0 Å². The molecule has 1 fully saturated rings. The minimum absolute atomic E-state index is 0.0940. The molecule has 0 aromatic carbocycles. The molecule has 3 N–H and O–H groups in total. The lowest BCUT2D eigenvalue weighted by atomic mass is 9.85. The van der Waals surface area contributed by atoms with Crippen molar-refractivity contribution in [3.8, 4) is 0 Å². The van der Waals surface area contributed by atoms with Gasteiger partial charge in [-0.15, -0.1) is 0 Å². The summed E-state index contributed by atoms with van der Waals surface area (Å²) in [5, 5.41) is 14.7. The number of carbonyl (C=O) groups excluding carboxylic acids is 4. The minimum Gasteiger partial charge on any atom is -0.465 e. The van der Waals surface area contributed by atoms with Crippen molar-refractivity contribution in [2.45, 2.75) is 70.1 Å². The first kappa shape index (κ1) is 26.7. The Morgan fingerprint density at radius 3 is 2.13 bits per heavy atom. The number of carbonyl (C=O) groups is 4. The molecule has 178 valence electrons. The number of methoxy groups -OCH3 is 1. The van der Waals surface area contributed by atoms with Crippen molar-refractivity contribution in [2.75, 3.05) is 20.3 Å². The van der Waals surface area contributed by atoms with Crippen molar-refractivity contribution < 1.29 is 52.0 Å². The summed E-state index contributed by atoms with van der Waals surface area (Å²) in [5.74, 6) is -7.85. The number of likely N-dealkylation sites (N-methyl/N-ethyl adjacent to an activating group) is 1. The van der Waals surface area contributed by atoms with Crippen molar-refractivity contribution in [2.24, 2.45) is 0 Å². The van der Waals surface area contributed by atoms with E-state index in [2.05, 4.69) is 15.4 Å². The number of nitrogens with one attached hydrogen (secondary N) is 2. The normalized spacial score (nSPS) is 29.9. The van der Waals surface area contributed by atoms with Crippen molar-refractivity contribution in [3.05, 3.63) is 0 Å². The van der Waals surface area contributed by atoms with Crippen LogP contribution in [0.5, 0.6) is 0 Å². The highest BCUT2D eigenvalue weighted by Gasteiger charge is 2.64. The number of rotatable bonds is 9. The summed E-state index contributed by atoms with van der Waals surface area (Å²) in [5.41, 5.74) is 0. The molecule has 1 rings (SSSR count). The highest BCUT2D eigenvalue weighted by Crippen LogP contribution is 2.37. The minimum atomic E-state index is -3.66. The zero-order valence-electron chi connectivity index (χ0n) is 17.8. The van der Waals surface area contributed by atoms with Crippen LogP contribution in [0.15, 0.2) is 0 Å². The van der Waals surface area contributed by atoms with E-state index < -0.39 is 72.8 Å². The van der Waals surface area contributed by atoms with E-state index in [0.29, 0.717) is 0 Å². The van der Waals surface area contributed by atoms with Gasteiger partial charge in [0, 0.05) is 20.8 Å². The predicted molar refractivity (Wildman–Crippen MR) is 98.9 cm³/mol. The van der Waals surface area contributed by atoms with E-state index in [1.807, 2.05) is 0 Å². The maximum Gasteiger partial charge on any atom is 0.375 e. The number of ether oxygens (including phenoxy) is 4. The Hall–Kier alpha value is -2.38. The second kappa shape index (κ2) is 11.3. The van der Waals surface area contributed by atoms with Gasteiger partial charge in [-0.1, -0.05) is 6.92 Å². The second-order valence-electron chi connectivity index (χ2n) is 6.84. The first-order chi connectivity index (χ1) is 14.4. The summed E-state index contributed by atoms with van der Waals surface area (Å²) in [7, 11) is 0.815. The number of hydrogen-bond acceptors (Lipinski definition) is 10. The quantitative estimate of drug-likeness (QED) is 0.289. The summed E-state index contributed by atoms with van der Waals surface area (Å²) in [4.78, 5) is 47.0. The number of esters is 3. The van der Waals surface area contributed by atoms with Gasteiger partial charge in [0.05, 0.1) is 25.8 Å². The Labute approximate surface area is 177 Å².